The second-order valence-corrected chi connectivity index (χ2v) is 5.06. The Morgan fingerprint density at radius 2 is 2.35 bits per heavy atom. The summed E-state index contributed by atoms with van der Waals surface area (Å²) in [4.78, 5) is 0. The summed E-state index contributed by atoms with van der Waals surface area (Å²) < 4.78 is 5.49. The van der Waals surface area contributed by atoms with Crippen LogP contribution in [-0.4, -0.2) is 25.6 Å². The number of hydrogen-bond acceptors (Lipinski definition) is 2. The highest BCUT2D eigenvalue weighted by molar-refractivity contribution is 6.18. The fraction of sp³-hybridized carbons (Fsp3) is 0.571. The van der Waals surface area contributed by atoms with E-state index >= 15 is 0 Å². The van der Waals surface area contributed by atoms with Gasteiger partial charge >= 0.3 is 0 Å². The summed E-state index contributed by atoms with van der Waals surface area (Å²) >= 11 is 5.76. The number of fused-ring (bicyclic) bond motifs is 1. The Bertz CT molecular complexity index is 367. The summed E-state index contributed by atoms with van der Waals surface area (Å²) in [5.41, 5.74) is 2.75. The van der Waals surface area contributed by atoms with E-state index in [0.29, 0.717) is 5.92 Å². The molecule has 1 aromatic carbocycles. The van der Waals surface area contributed by atoms with Crippen LogP contribution < -0.4 is 10.1 Å². The van der Waals surface area contributed by atoms with Gasteiger partial charge in [0.1, 0.15) is 5.75 Å². The highest BCUT2D eigenvalue weighted by Gasteiger charge is 2.11. The minimum absolute atomic E-state index is 0.546. The van der Waals surface area contributed by atoms with E-state index in [4.69, 9.17) is 16.3 Å². The first-order valence-corrected chi connectivity index (χ1v) is 6.84. The fourth-order valence-electron chi connectivity index (χ4n) is 2.03. The van der Waals surface area contributed by atoms with Crippen LogP contribution in [-0.2, 0) is 12.8 Å². The van der Waals surface area contributed by atoms with Crippen LogP contribution in [0.15, 0.2) is 18.2 Å². The molecule has 1 aliphatic heterocycles. The van der Waals surface area contributed by atoms with E-state index in [0.717, 1.165) is 44.2 Å². The van der Waals surface area contributed by atoms with Crippen molar-refractivity contribution in [2.45, 2.75) is 19.8 Å². The lowest BCUT2D eigenvalue weighted by atomic mass is 10.1. The highest BCUT2D eigenvalue weighted by Crippen LogP contribution is 2.25. The number of ether oxygens (including phenoxy) is 1. The molecule has 0 saturated carbocycles. The van der Waals surface area contributed by atoms with Gasteiger partial charge in [-0.25, -0.2) is 0 Å². The molecule has 0 aliphatic carbocycles. The van der Waals surface area contributed by atoms with Gasteiger partial charge in [-0.2, -0.15) is 0 Å². The molecule has 3 heteroatoms. The van der Waals surface area contributed by atoms with Crippen LogP contribution in [0.5, 0.6) is 5.75 Å². The molecular formula is C14H20ClNO. The average molecular weight is 254 g/mol. The molecule has 94 valence electrons. The number of nitrogens with one attached hydrogen (secondary N) is 1. The summed E-state index contributed by atoms with van der Waals surface area (Å²) in [6.07, 6.45) is 2.13. The van der Waals surface area contributed by atoms with Crippen LogP contribution in [0.3, 0.4) is 0 Å². The third-order valence-corrected chi connectivity index (χ3v) is 3.63. The second kappa shape index (κ2) is 6.27. The van der Waals surface area contributed by atoms with Crippen LogP contribution in [0.4, 0.5) is 0 Å². The number of halogens is 1. The van der Waals surface area contributed by atoms with Gasteiger partial charge in [0.05, 0.1) is 6.61 Å². The van der Waals surface area contributed by atoms with Crippen LogP contribution in [0.2, 0.25) is 0 Å². The van der Waals surface area contributed by atoms with Crippen molar-refractivity contribution >= 4 is 11.6 Å². The van der Waals surface area contributed by atoms with Crippen molar-refractivity contribution in [1.82, 2.24) is 5.32 Å². The zero-order chi connectivity index (χ0) is 12.1. The molecular weight excluding hydrogens is 234 g/mol. The van der Waals surface area contributed by atoms with Gasteiger partial charge in [-0.1, -0.05) is 19.1 Å². The van der Waals surface area contributed by atoms with E-state index in [1.54, 1.807) is 0 Å². The van der Waals surface area contributed by atoms with E-state index in [1.807, 2.05) is 0 Å². The first-order chi connectivity index (χ1) is 8.29. The summed E-state index contributed by atoms with van der Waals surface area (Å²) in [7, 11) is 0. The number of hydrogen-bond donors (Lipinski definition) is 1. The van der Waals surface area contributed by atoms with E-state index in [-0.39, 0.29) is 0 Å². The maximum atomic E-state index is 5.76. The van der Waals surface area contributed by atoms with E-state index in [2.05, 4.69) is 30.4 Å². The van der Waals surface area contributed by atoms with Crippen molar-refractivity contribution < 1.29 is 4.74 Å². The Hall–Kier alpha value is -0.730. The maximum absolute atomic E-state index is 5.76. The molecule has 0 aromatic heterocycles. The van der Waals surface area contributed by atoms with Gasteiger partial charge < -0.3 is 10.1 Å². The number of rotatable bonds is 6. The van der Waals surface area contributed by atoms with Crippen molar-refractivity contribution in [2.75, 3.05) is 25.6 Å². The van der Waals surface area contributed by atoms with E-state index in [9.17, 15) is 0 Å². The first kappa shape index (κ1) is 12.7. The molecule has 2 nitrogen and oxygen atoms in total. The predicted octanol–water partition coefficient (Wildman–Crippen LogP) is 2.63. The molecule has 1 N–H and O–H groups in total. The quantitative estimate of drug-likeness (QED) is 0.622. The molecule has 1 atom stereocenters. The molecule has 1 unspecified atom stereocenters. The zero-order valence-corrected chi connectivity index (χ0v) is 11.1. The first-order valence-electron chi connectivity index (χ1n) is 6.31. The Morgan fingerprint density at radius 1 is 1.47 bits per heavy atom. The molecule has 1 heterocycles. The summed E-state index contributed by atoms with van der Waals surface area (Å²) in [6, 6.07) is 6.53. The van der Waals surface area contributed by atoms with Crippen molar-refractivity contribution in [3.8, 4) is 5.75 Å². The van der Waals surface area contributed by atoms with Gasteiger partial charge in [-0.05, 0) is 42.6 Å². The van der Waals surface area contributed by atoms with E-state index < -0.39 is 0 Å². The van der Waals surface area contributed by atoms with Crippen molar-refractivity contribution in [3.05, 3.63) is 29.3 Å². The normalized spacial score (nSPS) is 15.4. The summed E-state index contributed by atoms with van der Waals surface area (Å²) in [5, 5.41) is 3.44. The molecule has 0 amide bonds. The largest absolute Gasteiger partial charge is 0.493 e. The lowest BCUT2D eigenvalue weighted by Crippen LogP contribution is -2.24. The lowest BCUT2D eigenvalue weighted by Gasteiger charge is -2.09. The molecule has 0 saturated heterocycles. The average Bonchev–Trinajstić information content (AvgIpc) is 2.81. The van der Waals surface area contributed by atoms with Gasteiger partial charge in [0.2, 0.25) is 0 Å². The smallest absolute Gasteiger partial charge is 0.122 e. The van der Waals surface area contributed by atoms with Crippen molar-refractivity contribution in [2.24, 2.45) is 5.92 Å². The third kappa shape index (κ3) is 3.62. The van der Waals surface area contributed by atoms with E-state index in [1.165, 1.54) is 11.1 Å². The molecule has 0 radical (unpaired) electrons. The monoisotopic (exact) mass is 253 g/mol. The van der Waals surface area contributed by atoms with Crippen LogP contribution in [0.25, 0.3) is 0 Å². The summed E-state index contributed by atoms with van der Waals surface area (Å²) in [6.45, 7) is 5.01. The molecule has 1 aromatic rings. The molecule has 0 fully saturated rings. The lowest BCUT2D eigenvalue weighted by molar-refractivity contribution is 0.357. The fourth-order valence-corrected chi connectivity index (χ4v) is 2.14. The Morgan fingerprint density at radius 3 is 3.18 bits per heavy atom. The topological polar surface area (TPSA) is 21.3 Å². The van der Waals surface area contributed by atoms with Crippen LogP contribution >= 0.6 is 11.6 Å². The van der Waals surface area contributed by atoms with Crippen molar-refractivity contribution in [3.63, 3.8) is 0 Å². The van der Waals surface area contributed by atoms with Gasteiger partial charge in [-0.15, -0.1) is 11.6 Å². The second-order valence-electron chi connectivity index (χ2n) is 4.75. The SMILES string of the molecule is CC(CCl)CNCCc1ccc2c(c1)CCO2. The van der Waals surface area contributed by atoms with Crippen LogP contribution in [0.1, 0.15) is 18.1 Å². The minimum Gasteiger partial charge on any atom is -0.493 e. The molecule has 2 rings (SSSR count). The molecule has 17 heavy (non-hydrogen) atoms. The Kier molecular flexibility index (Phi) is 4.69. The van der Waals surface area contributed by atoms with Gasteiger partial charge in [0, 0.05) is 12.3 Å². The number of alkyl halides is 1. The van der Waals surface area contributed by atoms with Crippen molar-refractivity contribution in [1.29, 1.82) is 0 Å². The third-order valence-electron chi connectivity index (χ3n) is 3.10. The molecule has 0 spiro atoms. The minimum atomic E-state index is 0.546. The standard InChI is InChI=1S/C14H20ClNO/c1-11(9-15)10-16-6-4-12-2-3-14-13(8-12)5-7-17-14/h2-3,8,11,16H,4-7,9-10H2,1H3. The van der Waals surface area contributed by atoms with Gasteiger partial charge in [0.25, 0.3) is 0 Å². The maximum Gasteiger partial charge on any atom is 0.122 e. The van der Waals surface area contributed by atoms with Crippen LogP contribution in [0, 0.1) is 5.92 Å². The number of benzene rings is 1. The molecule has 0 bridgehead atoms. The highest BCUT2D eigenvalue weighted by atomic mass is 35.5. The molecule has 1 aliphatic rings. The summed E-state index contributed by atoms with van der Waals surface area (Å²) in [5.74, 6) is 2.34. The zero-order valence-electron chi connectivity index (χ0n) is 10.3. The van der Waals surface area contributed by atoms with Gasteiger partial charge in [-0.3, -0.25) is 0 Å². The Labute approximate surface area is 108 Å². The predicted molar refractivity (Wildman–Crippen MR) is 72.1 cm³/mol. The Balaban J connectivity index is 1.76. The van der Waals surface area contributed by atoms with Gasteiger partial charge in [0.15, 0.2) is 0 Å².